The minimum Gasteiger partial charge on any atom is -0.506 e. The Morgan fingerprint density at radius 3 is 2.33 bits per heavy atom. The first kappa shape index (κ1) is 27.5. The summed E-state index contributed by atoms with van der Waals surface area (Å²) in [7, 11) is 0. The smallest absolute Gasteiger partial charge is 0.344 e. The zero-order valence-corrected chi connectivity index (χ0v) is 26.3. The van der Waals surface area contributed by atoms with Crippen molar-refractivity contribution in [1.29, 1.82) is 0 Å². The van der Waals surface area contributed by atoms with Crippen LogP contribution in [-0.2, 0) is 16.1 Å². The number of hydrogen-bond acceptors (Lipinski definition) is 6. The number of nitrogens with zero attached hydrogens (tertiary/aromatic N) is 1. The normalized spacial score (nSPS) is 15.6. The first-order chi connectivity index (χ1) is 17.4. The predicted octanol–water partition coefficient (Wildman–Crippen LogP) is 8.27. The molecule has 0 aromatic heterocycles. The molecule has 3 aromatic rings. The van der Waals surface area contributed by atoms with Crippen molar-refractivity contribution in [3.8, 4) is 5.75 Å². The zero-order chi connectivity index (χ0) is 25.7. The van der Waals surface area contributed by atoms with Crippen molar-refractivity contribution in [3.05, 3.63) is 105 Å². The average Bonchev–Trinajstić information content (AvgIpc) is 3.14. The molecule has 1 heterocycles. The Balaban J connectivity index is 1.62. The first-order valence-electron chi connectivity index (χ1n) is 10.9. The number of benzene rings is 3. The topological polar surface area (TPSA) is 68.1 Å². The Labute approximate surface area is 254 Å². The Bertz CT molecular complexity index is 1350. The number of aliphatic hydroxyl groups excluding tert-OH is 1. The van der Waals surface area contributed by atoms with Crippen LogP contribution >= 0.6 is 79.5 Å². The lowest BCUT2D eigenvalue weighted by molar-refractivity contribution is -0.138. The molecule has 0 atom stereocenters. The van der Waals surface area contributed by atoms with Crippen LogP contribution in [0.2, 0.25) is 0 Å². The fraction of sp³-hybridized carbons (Fsp3) is 0.111. The van der Waals surface area contributed by atoms with Gasteiger partial charge < -0.3 is 14.6 Å². The SMILES string of the molecule is CCOC(=O)C1=C(O)/C(=C/c2cc(I)c(OCc3ccc(I)cc3)c(I)c2)SC1=Nc1ccccc1. The second-order valence-electron chi connectivity index (χ2n) is 7.54. The van der Waals surface area contributed by atoms with Crippen LogP contribution in [0.4, 0.5) is 5.69 Å². The molecule has 1 aliphatic heterocycles. The molecule has 0 unspecified atom stereocenters. The van der Waals surface area contributed by atoms with Crippen molar-refractivity contribution < 1.29 is 19.4 Å². The van der Waals surface area contributed by atoms with Gasteiger partial charge in [0.2, 0.25) is 0 Å². The van der Waals surface area contributed by atoms with Gasteiger partial charge in [-0.25, -0.2) is 9.79 Å². The molecule has 1 aliphatic rings. The summed E-state index contributed by atoms with van der Waals surface area (Å²) in [5, 5.41) is 11.4. The summed E-state index contributed by atoms with van der Waals surface area (Å²) in [5.41, 5.74) is 2.75. The molecule has 5 nitrogen and oxygen atoms in total. The van der Waals surface area contributed by atoms with Gasteiger partial charge in [0.05, 0.1) is 24.3 Å². The molecule has 0 aliphatic carbocycles. The molecular formula is C27H20I3NO4S. The monoisotopic (exact) mass is 835 g/mol. The van der Waals surface area contributed by atoms with Gasteiger partial charge in [-0.3, -0.25) is 0 Å². The minimum absolute atomic E-state index is 0.0822. The van der Waals surface area contributed by atoms with Crippen molar-refractivity contribution in [2.24, 2.45) is 4.99 Å². The van der Waals surface area contributed by atoms with Crippen LogP contribution in [0.25, 0.3) is 6.08 Å². The maximum atomic E-state index is 12.6. The number of hydrogen-bond donors (Lipinski definition) is 1. The van der Waals surface area contributed by atoms with Gasteiger partial charge in [-0.05, 0) is 128 Å². The number of carbonyl (C=O) groups is 1. The molecule has 36 heavy (non-hydrogen) atoms. The third-order valence-corrected chi connectivity index (χ3v) is 8.31. The van der Waals surface area contributed by atoms with Crippen LogP contribution < -0.4 is 4.74 Å². The first-order valence-corrected chi connectivity index (χ1v) is 14.9. The lowest BCUT2D eigenvalue weighted by atomic mass is 10.1. The summed E-state index contributed by atoms with van der Waals surface area (Å²) >= 11 is 8.04. The summed E-state index contributed by atoms with van der Waals surface area (Å²) in [6.45, 7) is 2.41. The van der Waals surface area contributed by atoms with E-state index >= 15 is 0 Å². The number of rotatable bonds is 7. The fourth-order valence-corrected chi connectivity index (χ4v) is 6.82. The molecule has 4 rings (SSSR count). The molecule has 1 N–H and O–H groups in total. The quantitative estimate of drug-likeness (QED) is 0.192. The van der Waals surface area contributed by atoms with E-state index in [0.717, 1.165) is 24.0 Å². The molecule has 0 saturated carbocycles. The van der Waals surface area contributed by atoms with Gasteiger partial charge in [0.1, 0.15) is 28.7 Å². The molecular weight excluding hydrogens is 815 g/mol. The molecule has 0 spiro atoms. The molecule has 0 saturated heterocycles. The Morgan fingerprint density at radius 2 is 1.69 bits per heavy atom. The number of aliphatic imine (C=N–C) groups is 1. The Hall–Kier alpha value is -1.58. The van der Waals surface area contributed by atoms with E-state index in [9.17, 15) is 9.90 Å². The van der Waals surface area contributed by atoms with Gasteiger partial charge in [0.25, 0.3) is 0 Å². The minimum atomic E-state index is -0.593. The largest absolute Gasteiger partial charge is 0.506 e. The predicted molar refractivity (Wildman–Crippen MR) is 171 cm³/mol. The van der Waals surface area contributed by atoms with Crippen molar-refractivity contribution in [3.63, 3.8) is 0 Å². The number of para-hydroxylation sites is 1. The maximum Gasteiger partial charge on any atom is 0.344 e. The van der Waals surface area contributed by atoms with Crippen LogP contribution in [0.1, 0.15) is 18.1 Å². The van der Waals surface area contributed by atoms with E-state index in [1.54, 1.807) is 6.92 Å². The highest BCUT2D eigenvalue weighted by molar-refractivity contribution is 14.1. The van der Waals surface area contributed by atoms with Gasteiger partial charge in [-0.15, -0.1) is 0 Å². The van der Waals surface area contributed by atoms with E-state index in [1.807, 2.05) is 48.5 Å². The summed E-state index contributed by atoms with van der Waals surface area (Å²) in [4.78, 5) is 17.8. The standard InChI is InChI=1S/C27H20I3NO4S/c1-2-34-27(33)23-24(32)22(36-26(23)31-19-6-4-3-5-7-19)14-17-12-20(29)25(21(30)13-17)35-15-16-8-10-18(28)11-9-16/h3-14,32H,2,15H2,1H3/b22-14-,31-26?. The molecule has 0 amide bonds. The van der Waals surface area contributed by atoms with Crippen LogP contribution in [0.15, 0.2) is 88.0 Å². The summed E-state index contributed by atoms with van der Waals surface area (Å²) in [6.07, 6.45) is 1.85. The number of esters is 1. The molecule has 3 aromatic carbocycles. The van der Waals surface area contributed by atoms with Crippen molar-refractivity contribution in [2.45, 2.75) is 13.5 Å². The molecule has 0 radical (unpaired) electrons. The molecule has 0 bridgehead atoms. The summed E-state index contributed by atoms with van der Waals surface area (Å²) in [5.74, 6) is 0.0931. The molecule has 9 heteroatoms. The van der Waals surface area contributed by atoms with E-state index in [1.165, 1.54) is 15.3 Å². The summed E-state index contributed by atoms with van der Waals surface area (Å²) < 4.78 is 14.4. The Kier molecular flexibility index (Phi) is 9.75. The van der Waals surface area contributed by atoms with Gasteiger partial charge in [-0.2, -0.15) is 0 Å². The van der Waals surface area contributed by atoms with E-state index < -0.39 is 5.97 Å². The van der Waals surface area contributed by atoms with Crippen LogP contribution in [0.5, 0.6) is 5.75 Å². The third kappa shape index (κ3) is 6.84. The molecule has 0 fully saturated rings. The zero-order valence-electron chi connectivity index (χ0n) is 19.0. The second kappa shape index (κ2) is 12.8. The van der Waals surface area contributed by atoms with Gasteiger partial charge in [0, 0.05) is 3.57 Å². The van der Waals surface area contributed by atoms with E-state index in [2.05, 4.69) is 97.0 Å². The second-order valence-corrected chi connectivity index (χ2v) is 12.1. The highest BCUT2D eigenvalue weighted by Crippen LogP contribution is 2.41. The lowest BCUT2D eigenvalue weighted by Crippen LogP contribution is -2.12. The summed E-state index contributed by atoms with van der Waals surface area (Å²) in [6, 6.07) is 21.5. The number of ether oxygens (including phenoxy) is 2. The highest BCUT2D eigenvalue weighted by Gasteiger charge is 2.33. The highest BCUT2D eigenvalue weighted by atomic mass is 127. The van der Waals surface area contributed by atoms with Crippen LogP contribution in [0, 0.1) is 10.7 Å². The van der Waals surface area contributed by atoms with E-state index in [0.29, 0.717) is 22.2 Å². The average molecular weight is 835 g/mol. The number of aliphatic hydroxyl groups is 1. The number of halogens is 3. The van der Waals surface area contributed by atoms with E-state index in [4.69, 9.17) is 9.47 Å². The lowest BCUT2D eigenvalue weighted by Gasteiger charge is -2.12. The maximum absolute atomic E-state index is 12.6. The van der Waals surface area contributed by atoms with Gasteiger partial charge in [-0.1, -0.05) is 42.1 Å². The Morgan fingerprint density at radius 1 is 1.03 bits per heavy atom. The number of thioether (sulfide) groups is 1. The fourth-order valence-electron chi connectivity index (χ4n) is 3.30. The van der Waals surface area contributed by atoms with Crippen molar-refractivity contribution in [2.75, 3.05) is 6.61 Å². The third-order valence-electron chi connectivity index (χ3n) is 4.97. The molecule has 184 valence electrons. The van der Waals surface area contributed by atoms with Crippen molar-refractivity contribution >= 4 is 102 Å². The van der Waals surface area contributed by atoms with Crippen LogP contribution in [0.3, 0.4) is 0 Å². The van der Waals surface area contributed by atoms with Crippen molar-refractivity contribution in [1.82, 2.24) is 0 Å². The van der Waals surface area contributed by atoms with Crippen LogP contribution in [-0.4, -0.2) is 22.7 Å². The number of carbonyl (C=O) groups excluding carboxylic acids is 1. The van der Waals surface area contributed by atoms with Gasteiger partial charge in [0.15, 0.2) is 0 Å². The van der Waals surface area contributed by atoms with Gasteiger partial charge >= 0.3 is 5.97 Å². The van der Waals surface area contributed by atoms with E-state index in [-0.39, 0.29) is 17.9 Å².